The molecule has 2 aliphatic rings. The zero-order chi connectivity index (χ0) is 26.0. The molecule has 0 amide bonds. The molecular formula is C39H27. The Bertz CT molecular complexity index is 1670. The summed E-state index contributed by atoms with van der Waals surface area (Å²) in [7, 11) is 0. The van der Waals surface area contributed by atoms with E-state index in [1.165, 1.54) is 67.1 Å². The van der Waals surface area contributed by atoms with Gasteiger partial charge in [0.05, 0.1) is 5.92 Å². The van der Waals surface area contributed by atoms with Crippen LogP contribution in [0.5, 0.6) is 0 Å². The average Bonchev–Trinajstić information content (AvgIpc) is 3.53. The van der Waals surface area contributed by atoms with Crippen molar-refractivity contribution in [3.05, 3.63) is 198 Å². The van der Waals surface area contributed by atoms with E-state index < -0.39 is 0 Å². The van der Waals surface area contributed by atoms with E-state index in [9.17, 15) is 0 Å². The van der Waals surface area contributed by atoms with Crippen molar-refractivity contribution >= 4 is 11.1 Å². The van der Waals surface area contributed by atoms with Crippen molar-refractivity contribution in [2.24, 2.45) is 0 Å². The summed E-state index contributed by atoms with van der Waals surface area (Å²) in [5.74, 6) is 1.33. The molecule has 0 N–H and O–H groups in total. The highest BCUT2D eigenvalue weighted by atomic mass is 14.4. The minimum Gasteiger partial charge on any atom is -0.0623 e. The van der Waals surface area contributed by atoms with Gasteiger partial charge in [-0.1, -0.05) is 164 Å². The summed E-state index contributed by atoms with van der Waals surface area (Å²) >= 11 is 0. The second-order valence-corrected chi connectivity index (χ2v) is 9.83. The number of fused-ring (bicyclic) bond motifs is 6. The second-order valence-electron chi connectivity index (χ2n) is 9.83. The monoisotopic (exact) mass is 495 g/mol. The van der Waals surface area contributed by atoms with E-state index in [-0.39, 0.29) is 0 Å². The van der Waals surface area contributed by atoms with E-state index in [0.717, 1.165) is 0 Å². The van der Waals surface area contributed by atoms with Gasteiger partial charge in [-0.3, -0.25) is 0 Å². The summed E-state index contributed by atoms with van der Waals surface area (Å²) in [5, 5.41) is 0. The summed E-state index contributed by atoms with van der Waals surface area (Å²) < 4.78 is 0. The summed E-state index contributed by atoms with van der Waals surface area (Å²) in [6.07, 6.45) is 0. The first kappa shape index (κ1) is 23.2. The minimum atomic E-state index is 1.25. The Labute approximate surface area is 230 Å². The van der Waals surface area contributed by atoms with E-state index in [1.54, 1.807) is 0 Å². The van der Waals surface area contributed by atoms with Crippen molar-refractivity contribution in [2.75, 3.05) is 0 Å². The minimum absolute atomic E-state index is 1.25. The fraction of sp³-hybridized carbons (Fsp3) is 0. The van der Waals surface area contributed by atoms with Gasteiger partial charge in [0.15, 0.2) is 0 Å². The molecule has 39 heavy (non-hydrogen) atoms. The number of hydrogen-bond donors (Lipinski definition) is 0. The summed E-state index contributed by atoms with van der Waals surface area (Å²) in [5.41, 5.74) is 14.4. The molecule has 0 saturated carbocycles. The quantitative estimate of drug-likeness (QED) is 0.224. The molecule has 0 aromatic heterocycles. The number of benzene rings is 6. The van der Waals surface area contributed by atoms with Crippen LogP contribution >= 0.6 is 0 Å². The van der Waals surface area contributed by atoms with Crippen molar-refractivity contribution < 1.29 is 0 Å². The van der Waals surface area contributed by atoms with Crippen molar-refractivity contribution in [3.63, 3.8) is 0 Å². The van der Waals surface area contributed by atoms with Crippen molar-refractivity contribution in [1.29, 1.82) is 0 Å². The maximum Gasteiger partial charge on any atom is 0.0654 e. The fourth-order valence-corrected chi connectivity index (χ4v) is 5.98. The highest BCUT2D eigenvalue weighted by molar-refractivity contribution is 6.16. The first-order valence-electron chi connectivity index (χ1n) is 13.5. The fourth-order valence-electron chi connectivity index (χ4n) is 5.98. The largest absolute Gasteiger partial charge is 0.0654 e. The molecular weight excluding hydrogens is 468 g/mol. The topological polar surface area (TPSA) is 0 Å². The SMILES string of the molecule is c1ccc(C([C]2c3ccccc3-c3ccccc32)=C2c3ccccc3-c3ccccc32)cc1.c1ccccc1. The molecule has 0 saturated heterocycles. The summed E-state index contributed by atoms with van der Waals surface area (Å²) in [4.78, 5) is 0. The molecule has 0 aliphatic heterocycles. The normalized spacial score (nSPS) is 12.5. The van der Waals surface area contributed by atoms with Crippen LogP contribution in [0.3, 0.4) is 0 Å². The molecule has 0 bridgehead atoms. The molecule has 1 radical (unpaired) electrons. The van der Waals surface area contributed by atoms with Crippen LogP contribution in [0.2, 0.25) is 0 Å². The Kier molecular flexibility index (Phi) is 6.00. The van der Waals surface area contributed by atoms with Crippen LogP contribution in [0.4, 0.5) is 0 Å². The smallest absolute Gasteiger partial charge is 0.0623 e. The summed E-state index contributed by atoms with van der Waals surface area (Å²) in [6.45, 7) is 0. The van der Waals surface area contributed by atoms with E-state index in [2.05, 4.69) is 127 Å². The Hall–Kier alpha value is -4.94. The average molecular weight is 496 g/mol. The highest BCUT2D eigenvalue weighted by Crippen LogP contribution is 2.55. The van der Waals surface area contributed by atoms with E-state index in [0.29, 0.717) is 0 Å². The molecule has 0 heteroatoms. The number of hydrogen-bond acceptors (Lipinski definition) is 0. The van der Waals surface area contributed by atoms with Crippen LogP contribution in [0.25, 0.3) is 33.4 Å². The third-order valence-electron chi connectivity index (χ3n) is 7.60. The Balaban J connectivity index is 0.000000376. The second kappa shape index (κ2) is 10.1. The molecule has 0 nitrogen and oxygen atoms in total. The zero-order valence-corrected chi connectivity index (χ0v) is 21.6. The predicted octanol–water partition coefficient (Wildman–Crippen LogP) is 9.96. The van der Waals surface area contributed by atoms with Crippen molar-refractivity contribution in [2.45, 2.75) is 0 Å². The van der Waals surface area contributed by atoms with Gasteiger partial charge in [0.2, 0.25) is 0 Å². The zero-order valence-electron chi connectivity index (χ0n) is 21.6. The molecule has 0 fully saturated rings. The van der Waals surface area contributed by atoms with E-state index >= 15 is 0 Å². The van der Waals surface area contributed by atoms with E-state index in [4.69, 9.17) is 0 Å². The van der Waals surface area contributed by atoms with Gasteiger partial charge in [-0.15, -0.1) is 0 Å². The highest BCUT2D eigenvalue weighted by Gasteiger charge is 2.36. The maximum atomic E-state index is 2.28. The first-order chi connectivity index (χ1) is 19.4. The predicted molar refractivity (Wildman–Crippen MR) is 164 cm³/mol. The number of rotatable bonds is 2. The van der Waals surface area contributed by atoms with Gasteiger partial charge in [-0.25, -0.2) is 0 Å². The lowest BCUT2D eigenvalue weighted by Crippen LogP contribution is -2.05. The standard InChI is InChI=1S/C33H21.C6H6/c1-2-12-22(13-3-1)31(32-27-18-8-4-14-23(27)24-15-5-9-19-28(24)32)33-29-20-10-6-16-25(29)26-17-7-11-21-30(26)33;1-2-4-6-5-3-1/h1-21H;1-6H. The van der Waals surface area contributed by atoms with Crippen LogP contribution in [0.1, 0.15) is 27.8 Å². The van der Waals surface area contributed by atoms with Gasteiger partial charge in [-0.05, 0) is 61.2 Å². The van der Waals surface area contributed by atoms with Crippen LogP contribution in [-0.2, 0) is 0 Å². The molecule has 6 aromatic carbocycles. The van der Waals surface area contributed by atoms with Crippen molar-refractivity contribution in [1.82, 2.24) is 0 Å². The lowest BCUT2D eigenvalue weighted by molar-refractivity contribution is 1.36. The van der Waals surface area contributed by atoms with E-state index in [1.807, 2.05) is 36.4 Å². The lowest BCUT2D eigenvalue weighted by Gasteiger charge is -2.22. The van der Waals surface area contributed by atoms with Gasteiger partial charge in [-0.2, -0.15) is 0 Å². The third-order valence-corrected chi connectivity index (χ3v) is 7.60. The van der Waals surface area contributed by atoms with Gasteiger partial charge >= 0.3 is 0 Å². The first-order valence-corrected chi connectivity index (χ1v) is 13.5. The number of allylic oxidation sites excluding steroid dienone is 1. The molecule has 0 heterocycles. The molecule has 0 unspecified atom stereocenters. The van der Waals surface area contributed by atoms with Crippen LogP contribution < -0.4 is 0 Å². The van der Waals surface area contributed by atoms with Crippen LogP contribution in [0, 0.1) is 5.92 Å². The Morgan fingerprint density at radius 1 is 0.256 bits per heavy atom. The van der Waals surface area contributed by atoms with Crippen molar-refractivity contribution in [3.8, 4) is 22.3 Å². The van der Waals surface area contributed by atoms with Gasteiger partial charge < -0.3 is 0 Å². The molecule has 183 valence electrons. The Morgan fingerprint density at radius 2 is 0.538 bits per heavy atom. The molecule has 2 aliphatic carbocycles. The Morgan fingerprint density at radius 3 is 0.949 bits per heavy atom. The van der Waals surface area contributed by atoms with Crippen LogP contribution in [-0.4, -0.2) is 0 Å². The third kappa shape index (κ3) is 4.02. The van der Waals surface area contributed by atoms with Gasteiger partial charge in [0.25, 0.3) is 0 Å². The molecule has 0 spiro atoms. The van der Waals surface area contributed by atoms with Gasteiger partial charge in [0.1, 0.15) is 0 Å². The molecule has 8 rings (SSSR count). The van der Waals surface area contributed by atoms with Gasteiger partial charge in [0, 0.05) is 0 Å². The lowest BCUT2D eigenvalue weighted by atomic mass is 9.80. The molecule has 0 atom stereocenters. The summed E-state index contributed by atoms with van der Waals surface area (Å²) in [6, 6.07) is 58.3. The van der Waals surface area contributed by atoms with Crippen LogP contribution in [0.15, 0.2) is 164 Å². The molecule has 6 aromatic rings. The maximum absolute atomic E-state index is 2.28.